The predicted octanol–water partition coefficient (Wildman–Crippen LogP) is 7.02. The molecule has 1 aliphatic rings. The number of carboxylic acids is 1. The van der Waals surface area contributed by atoms with Crippen molar-refractivity contribution in [2.24, 2.45) is 0 Å². The van der Waals surface area contributed by atoms with Crippen molar-refractivity contribution in [2.45, 2.75) is 45.7 Å². The van der Waals surface area contributed by atoms with Gasteiger partial charge in [0.25, 0.3) is 0 Å². The van der Waals surface area contributed by atoms with Crippen molar-refractivity contribution in [1.29, 1.82) is 0 Å². The van der Waals surface area contributed by atoms with Gasteiger partial charge in [0.2, 0.25) is 0 Å². The zero-order chi connectivity index (χ0) is 29.8. The monoisotopic (exact) mass is 573 g/mol. The van der Waals surface area contributed by atoms with Gasteiger partial charge in [-0.05, 0) is 53.3 Å². The Morgan fingerprint density at radius 1 is 0.837 bits per heavy atom. The van der Waals surface area contributed by atoms with E-state index in [4.69, 9.17) is 9.97 Å². The average Bonchev–Trinajstić information content (AvgIpc) is 3.38. The maximum absolute atomic E-state index is 13.6. The summed E-state index contributed by atoms with van der Waals surface area (Å²) in [6.07, 6.45) is 3.77. The second kappa shape index (κ2) is 12.5. The number of carbonyl (C=O) groups excluding carboxylic acids is 1. The first-order valence-corrected chi connectivity index (χ1v) is 14.9. The number of urea groups is 1. The quantitative estimate of drug-likeness (QED) is 0.194. The molecule has 43 heavy (non-hydrogen) atoms. The molecule has 3 aromatic carbocycles. The lowest BCUT2D eigenvalue weighted by atomic mass is 9.99. The normalized spacial score (nSPS) is 13.6. The van der Waals surface area contributed by atoms with E-state index in [9.17, 15) is 14.7 Å². The Bertz CT molecular complexity index is 1750. The first-order valence-electron chi connectivity index (χ1n) is 14.9. The zero-order valence-electron chi connectivity index (χ0n) is 24.3. The number of unbranched alkanes of at least 4 members (excludes halogenated alkanes) is 1. The Morgan fingerprint density at radius 3 is 2.35 bits per heavy atom. The van der Waals surface area contributed by atoms with Crippen molar-refractivity contribution in [1.82, 2.24) is 19.4 Å². The Labute approximate surface area is 251 Å². The molecule has 8 nitrogen and oxygen atoms in total. The molecule has 8 heteroatoms. The van der Waals surface area contributed by atoms with Crippen LogP contribution in [-0.2, 0) is 19.5 Å². The molecule has 1 fully saturated rings. The molecule has 0 aliphatic carbocycles. The Morgan fingerprint density at radius 2 is 1.58 bits per heavy atom. The zero-order valence-corrected chi connectivity index (χ0v) is 24.3. The van der Waals surface area contributed by atoms with Crippen molar-refractivity contribution < 1.29 is 14.7 Å². The van der Waals surface area contributed by atoms with E-state index in [1.54, 1.807) is 17.0 Å². The molecule has 1 N–H and O–H groups in total. The van der Waals surface area contributed by atoms with Gasteiger partial charge in [0, 0.05) is 26.1 Å². The van der Waals surface area contributed by atoms with Crippen LogP contribution in [0.4, 0.5) is 10.6 Å². The lowest BCUT2D eigenvalue weighted by Gasteiger charge is -2.35. The molecular weight excluding hydrogens is 538 g/mol. The van der Waals surface area contributed by atoms with E-state index in [2.05, 4.69) is 11.5 Å². The van der Waals surface area contributed by atoms with E-state index < -0.39 is 5.97 Å². The van der Waals surface area contributed by atoms with Crippen molar-refractivity contribution in [2.75, 3.05) is 18.0 Å². The number of hydrogen-bond acceptors (Lipinski definition) is 4. The first kappa shape index (κ1) is 28.2. The van der Waals surface area contributed by atoms with E-state index in [-0.39, 0.29) is 11.6 Å². The van der Waals surface area contributed by atoms with Gasteiger partial charge >= 0.3 is 12.0 Å². The molecule has 218 valence electrons. The van der Waals surface area contributed by atoms with Crippen LogP contribution >= 0.6 is 0 Å². The summed E-state index contributed by atoms with van der Waals surface area (Å²) >= 11 is 0. The number of fused-ring (bicyclic) bond motifs is 1. The van der Waals surface area contributed by atoms with Crippen molar-refractivity contribution in [3.63, 3.8) is 0 Å². The van der Waals surface area contributed by atoms with Crippen LogP contribution in [0.3, 0.4) is 0 Å². The molecule has 1 saturated heterocycles. The topological polar surface area (TPSA) is 91.6 Å². The van der Waals surface area contributed by atoms with Crippen molar-refractivity contribution in [3.05, 3.63) is 114 Å². The van der Waals surface area contributed by atoms with E-state index in [1.165, 1.54) is 0 Å². The molecule has 3 heterocycles. The van der Waals surface area contributed by atoms with E-state index in [0.29, 0.717) is 31.0 Å². The third kappa shape index (κ3) is 6.00. The third-order valence-electron chi connectivity index (χ3n) is 7.98. The molecule has 2 aromatic heterocycles. The van der Waals surface area contributed by atoms with Crippen molar-refractivity contribution in [3.8, 4) is 11.1 Å². The fourth-order valence-corrected chi connectivity index (χ4v) is 5.72. The number of aromatic carboxylic acids is 1. The standard InChI is InChI=1S/C35H35N5O3/c1-2-3-14-31-36-30-19-20-32(39-22-9-21-38(35(39)43)23-25-10-5-4-6-11-25)37-33(30)40(31)24-26-15-17-27(18-16-26)28-12-7-8-13-29(28)34(41)42/h4-8,10-13,15-20H,2-3,9,14,21-24H2,1H3,(H,41,42). The smallest absolute Gasteiger partial charge is 0.336 e. The second-order valence-electron chi connectivity index (χ2n) is 11.0. The highest BCUT2D eigenvalue weighted by molar-refractivity contribution is 5.96. The minimum Gasteiger partial charge on any atom is -0.478 e. The predicted molar refractivity (Wildman–Crippen MR) is 168 cm³/mol. The van der Waals surface area contributed by atoms with Gasteiger partial charge in [-0.25, -0.2) is 19.6 Å². The summed E-state index contributed by atoms with van der Waals surface area (Å²) in [7, 11) is 0. The summed E-state index contributed by atoms with van der Waals surface area (Å²) in [6.45, 7) is 4.66. The minimum atomic E-state index is -0.942. The van der Waals surface area contributed by atoms with Crippen LogP contribution in [0.2, 0.25) is 0 Å². The van der Waals surface area contributed by atoms with Gasteiger partial charge in [0.15, 0.2) is 5.65 Å². The largest absolute Gasteiger partial charge is 0.478 e. The maximum Gasteiger partial charge on any atom is 0.336 e. The Kier molecular flexibility index (Phi) is 8.18. The number of hydrogen-bond donors (Lipinski definition) is 1. The summed E-state index contributed by atoms with van der Waals surface area (Å²) in [5.41, 5.74) is 5.57. The third-order valence-corrected chi connectivity index (χ3v) is 7.98. The second-order valence-corrected chi connectivity index (χ2v) is 11.0. The number of aryl methyl sites for hydroxylation is 1. The molecule has 0 bridgehead atoms. The number of aromatic nitrogens is 3. The SMILES string of the molecule is CCCCc1nc2ccc(N3CCCN(Cc4ccccc4)C3=O)nc2n1Cc1ccc(-c2ccccc2C(=O)O)cc1. The van der Waals surface area contributed by atoms with Crippen LogP contribution in [0, 0.1) is 0 Å². The number of carbonyl (C=O) groups is 2. The molecular formula is C35H35N5O3. The number of carboxylic acid groups (broad SMARTS) is 1. The maximum atomic E-state index is 13.6. The molecule has 6 rings (SSSR count). The average molecular weight is 574 g/mol. The van der Waals surface area contributed by atoms with E-state index in [1.807, 2.05) is 83.8 Å². The molecule has 0 radical (unpaired) electrons. The Balaban J connectivity index is 1.30. The summed E-state index contributed by atoms with van der Waals surface area (Å²) < 4.78 is 2.16. The first-order chi connectivity index (χ1) is 21.0. The van der Waals surface area contributed by atoms with Crippen LogP contribution in [0.1, 0.15) is 53.5 Å². The summed E-state index contributed by atoms with van der Waals surface area (Å²) in [4.78, 5) is 38.9. The van der Waals surface area contributed by atoms with Gasteiger partial charge in [0.05, 0.1) is 12.1 Å². The van der Waals surface area contributed by atoms with Gasteiger partial charge < -0.3 is 14.6 Å². The van der Waals surface area contributed by atoms with Crippen molar-refractivity contribution >= 4 is 29.0 Å². The summed E-state index contributed by atoms with van der Waals surface area (Å²) in [6, 6.07) is 29.0. The molecule has 1 aliphatic heterocycles. The van der Waals surface area contributed by atoms with Crippen LogP contribution < -0.4 is 4.90 Å². The van der Waals surface area contributed by atoms with Crippen LogP contribution in [0.15, 0.2) is 91.0 Å². The van der Waals surface area contributed by atoms with Gasteiger partial charge in [-0.15, -0.1) is 0 Å². The van der Waals surface area contributed by atoms with Gasteiger partial charge in [-0.3, -0.25) is 4.90 Å². The highest BCUT2D eigenvalue weighted by Crippen LogP contribution is 2.27. The number of imidazole rings is 1. The lowest BCUT2D eigenvalue weighted by Crippen LogP contribution is -2.49. The highest BCUT2D eigenvalue weighted by atomic mass is 16.4. The van der Waals surface area contributed by atoms with E-state index in [0.717, 1.165) is 65.9 Å². The number of rotatable bonds is 10. The number of anilines is 1. The summed E-state index contributed by atoms with van der Waals surface area (Å²) in [5, 5.41) is 9.62. The van der Waals surface area contributed by atoms with Crippen LogP contribution in [-0.4, -0.2) is 49.6 Å². The Hall–Kier alpha value is -4.98. The fourth-order valence-electron chi connectivity index (χ4n) is 5.72. The number of nitrogens with zero attached hydrogens (tertiary/aromatic N) is 5. The lowest BCUT2D eigenvalue weighted by molar-refractivity contribution is 0.0697. The molecule has 2 amide bonds. The summed E-state index contributed by atoms with van der Waals surface area (Å²) in [5.74, 6) is 0.666. The number of benzene rings is 3. The molecule has 0 atom stereocenters. The molecule has 0 saturated carbocycles. The van der Waals surface area contributed by atoms with Crippen LogP contribution in [0.5, 0.6) is 0 Å². The highest BCUT2D eigenvalue weighted by Gasteiger charge is 2.28. The van der Waals surface area contributed by atoms with Crippen LogP contribution in [0.25, 0.3) is 22.3 Å². The van der Waals surface area contributed by atoms with Gasteiger partial charge in [-0.1, -0.05) is 86.1 Å². The number of pyridine rings is 1. The molecule has 0 unspecified atom stereocenters. The molecule has 5 aromatic rings. The number of amides is 2. The van der Waals surface area contributed by atoms with Gasteiger partial charge in [0.1, 0.15) is 17.2 Å². The van der Waals surface area contributed by atoms with E-state index >= 15 is 0 Å². The van der Waals surface area contributed by atoms with Gasteiger partial charge in [-0.2, -0.15) is 0 Å². The molecule has 0 spiro atoms. The minimum absolute atomic E-state index is 0.0311. The fraction of sp³-hybridized carbons (Fsp3) is 0.257.